The van der Waals surface area contributed by atoms with Crippen molar-refractivity contribution >= 4 is 45.2 Å². The third kappa shape index (κ3) is 2.46. The smallest absolute Gasteiger partial charge is 0.170 e. The van der Waals surface area contributed by atoms with E-state index in [1.54, 1.807) is 11.0 Å². The van der Waals surface area contributed by atoms with E-state index in [9.17, 15) is 0 Å². The molecule has 3 aromatic rings. The second kappa shape index (κ2) is 5.09. The van der Waals surface area contributed by atoms with Gasteiger partial charge in [0.1, 0.15) is 12.2 Å². The van der Waals surface area contributed by atoms with Crippen molar-refractivity contribution in [2.75, 3.05) is 0 Å². The van der Waals surface area contributed by atoms with E-state index in [1.165, 1.54) is 0 Å². The molecule has 0 bridgehead atoms. The summed E-state index contributed by atoms with van der Waals surface area (Å²) in [7, 11) is 1.85. The Morgan fingerprint density at radius 1 is 1.37 bits per heavy atom. The fourth-order valence-corrected chi connectivity index (χ4v) is 2.71. The Labute approximate surface area is 128 Å². The van der Waals surface area contributed by atoms with Gasteiger partial charge in [-0.1, -0.05) is 0 Å². The van der Waals surface area contributed by atoms with Crippen LogP contribution in [0, 0.1) is 3.57 Å². The first-order valence-electron chi connectivity index (χ1n) is 5.72. The second-order valence-corrected chi connectivity index (χ2v) is 5.73. The fraction of sp³-hybridized carbons (Fsp3) is 0.250. The van der Waals surface area contributed by atoms with Gasteiger partial charge in [-0.25, -0.2) is 9.97 Å². The first-order valence-corrected chi connectivity index (χ1v) is 7.34. The summed E-state index contributed by atoms with van der Waals surface area (Å²) in [4.78, 5) is 8.81. The lowest BCUT2D eigenvalue weighted by molar-refractivity contribution is 0.697. The van der Waals surface area contributed by atoms with E-state index in [1.807, 2.05) is 13.1 Å². The van der Waals surface area contributed by atoms with Crippen molar-refractivity contribution in [2.24, 2.45) is 7.05 Å². The minimum absolute atomic E-state index is 0.373. The summed E-state index contributed by atoms with van der Waals surface area (Å²) in [5.74, 6) is 1.97. The zero-order chi connectivity index (χ0) is 13.4. The van der Waals surface area contributed by atoms with Crippen LogP contribution in [0.4, 0.5) is 0 Å². The monoisotopic (exact) mass is 387 g/mol. The summed E-state index contributed by atoms with van der Waals surface area (Å²) in [5.41, 5.74) is 2.02. The quantitative estimate of drug-likeness (QED) is 0.513. The number of alkyl halides is 1. The molecule has 0 aliphatic heterocycles. The second-order valence-electron chi connectivity index (χ2n) is 4.22. The van der Waals surface area contributed by atoms with Gasteiger partial charge >= 0.3 is 0 Å². The minimum Gasteiger partial charge on any atom is -0.319 e. The lowest BCUT2D eigenvalue weighted by atomic mass is 10.3. The lowest BCUT2D eigenvalue weighted by Crippen LogP contribution is -2.06. The van der Waals surface area contributed by atoms with E-state index in [0.29, 0.717) is 12.4 Å². The van der Waals surface area contributed by atoms with Crippen LogP contribution in [0.3, 0.4) is 0 Å². The van der Waals surface area contributed by atoms with Gasteiger partial charge in [-0.15, -0.1) is 11.6 Å². The average molecular weight is 388 g/mol. The van der Waals surface area contributed by atoms with Gasteiger partial charge in [0.15, 0.2) is 5.82 Å². The maximum atomic E-state index is 5.98. The first-order chi connectivity index (χ1) is 9.17. The Kier molecular flexibility index (Phi) is 3.44. The number of hydrogen-bond donors (Lipinski definition) is 0. The average Bonchev–Trinajstić information content (AvgIpc) is 2.94. The van der Waals surface area contributed by atoms with Crippen molar-refractivity contribution in [3.63, 3.8) is 0 Å². The van der Waals surface area contributed by atoms with Crippen LogP contribution in [0.1, 0.15) is 11.6 Å². The van der Waals surface area contributed by atoms with Crippen LogP contribution in [0.15, 0.2) is 24.5 Å². The highest BCUT2D eigenvalue weighted by atomic mass is 127. The molecule has 0 unspecified atom stereocenters. The summed E-state index contributed by atoms with van der Waals surface area (Å²) < 4.78 is 4.91. The molecule has 0 aliphatic carbocycles. The molecule has 0 spiro atoms. The van der Waals surface area contributed by atoms with E-state index >= 15 is 0 Å². The molecule has 0 saturated carbocycles. The van der Waals surface area contributed by atoms with E-state index < -0.39 is 0 Å². The normalized spacial score (nSPS) is 11.3. The number of benzene rings is 1. The van der Waals surface area contributed by atoms with Crippen molar-refractivity contribution in [2.45, 2.75) is 12.4 Å². The molecule has 2 heterocycles. The van der Waals surface area contributed by atoms with Gasteiger partial charge in [0, 0.05) is 10.6 Å². The molecular weight excluding hydrogens is 377 g/mol. The van der Waals surface area contributed by atoms with Crippen molar-refractivity contribution in [1.82, 2.24) is 24.3 Å². The van der Waals surface area contributed by atoms with Crippen LogP contribution in [-0.4, -0.2) is 24.3 Å². The SMILES string of the molecule is Cn1cnc(Cn2c(CCl)nc3cc(I)ccc32)n1. The topological polar surface area (TPSA) is 48.5 Å². The number of hydrogen-bond acceptors (Lipinski definition) is 3. The Balaban J connectivity index is 2.10. The number of imidazole rings is 1. The van der Waals surface area contributed by atoms with Gasteiger partial charge in [0.2, 0.25) is 0 Å². The fourth-order valence-electron chi connectivity index (χ4n) is 2.03. The summed E-state index contributed by atoms with van der Waals surface area (Å²) in [6.07, 6.45) is 1.69. The van der Waals surface area contributed by atoms with E-state index in [0.717, 1.165) is 26.3 Å². The molecule has 0 atom stereocenters. The van der Waals surface area contributed by atoms with Crippen LogP contribution >= 0.6 is 34.2 Å². The van der Waals surface area contributed by atoms with Crippen molar-refractivity contribution in [1.29, 1.82) is 0 Å². The highest BCUT2D eigenvalue weighted by Gasteiger charge is 2.12. The number of halogens is 2. The molecule has 3 rings (SSSR count). The molecule has 0 aliphatic rings. The molecule has 0 saturated heterocycles. The predicted molar refractivity (Wildman–Crippen MR) is 82.1 cm³/mol. The maximum absolute atomic E-state index is 5.98. The summed E-state index contributed by atoms with van der Waals surface area (Å²) >= 11 is 8.26. The zero-order valence-corrected chi connectivity index (χ0v) is 13.1. The molecule has 5 nitrogen and oxygen atoms in total. The number of rotatable bonds is 3. The van der Waals surface area contributed by atoms with Crippen LogP contribution in [0.2, 0.25) is 0 Å². The third-order valence-electron chi connectivity index (χ3n) is 2.86. The summed E-state index contributed by atoms with van der Waals surface area (Å²) in [5, 5.41) is 4.30. The largest absolute Gasteiger partial charge is 0.319 e. The molecule has 19 heavy (non-hydrogen) atoms. The van der Waals surface area contributed by atoms with Crippen molar-refractivity contribution < 1.29 is 0 Å². The maximum Gasteiger partial charge on any atom is 0.170 e. The number of nitrogens with zero attached hydrogens (tertiary/aromatic N) is 5. The summed E-state index contributed by atoms with van der Waals surface area (Å²) in [6.45, 7) is 0.583. The Bertz CT molecular complexity index is 733. The van der Waals surface area contributed by atoms with Crippen molar-refractivity contribution in [3.05, 3.63) is 39.7 Å². The molecule has 0 fully saturated rings. The van der Waals surface area contributed by atoms with Gasteiger partial charge in [0.05, 0.1) is 23.5 Å². The van der Waals surface area contributed by atoms with Gasteiger partial charge in [-0.3, -0.25) is 4.68 Å². The highest BCUT2D eigenvalue weighted by molar-refractivity contribution is 14.1. The molecule has 0 N–H and O–H groups in total. The van der Waals surface area contributed by atoms with E-state index in [4.69, 9.17) is 11.6 Å². The molecule has 0 amide bonds. The van der Waals surface area contributed by atoms with Crippen LogP contribution in [0.5, 0.6) is 0 Å². The molecule has 98 valence electrons. The van der Waals surface area contributed by atoms with Crippen LogP contribution in [0.25, 0.3) is 11.0 Å². The van der Waals surface area contributed by atoms with E-state index in [-0.39, 0.29) is 0 Å². The van der Waals surface area contributed by atoms with Gasteiger partial charge in [-0.05, 0) is 40.8 Å². The summed E-state index contributed by atoms with van der Waals surface area (Å²) in [6, 6.07) is 6.17. The minimum atomic E-state index is 0.373. The van der Waals surface area contributed by atoms with Crippen LogP contribution < -0.4 is 0 Å². The Morgan fingerprint density at radius 2 is 2.21 bits per heavy atom. The predicted octanol–water partition coefficient (Wildman–Crippen LogP) is 2.56. The molecule has 1 aromatic carbocycles. The lowest BCUT2D eigenvalue weighted by Gasteiger charge is -2.04. The Morgan fingerprint density at radius 3 is 2.89 bits per heavy atom. The van der Waals surface area contributed by atoms with E-state index in [2.05, 4.69) is 54.4 Å². The molecule has 7 heteroatoms. The van der Waals surface area contributed by atoms with Gasteiger partial charge in [0.25, 0.3) is 0 Å². The van der Waals surface area contributed by atoms with Gasteiger partial charge in [-0.2, -0.15) is 5.10 Å². The molecule has 2 aromatic heterocycles. The molecular formula is C12H11ClIN5. The third-order valence-corrected chi connectivity index (χ3v) is 3.77. The zero-order valence-electron chi connectivity index (χ0n) is 10.2. The highest BCUT2D eigenvalue weighted by Crippen LogP contribution is 2.20. The number of fused-ring (bicyclic) bond motifs is 1. The standard InChI is InChI=1S/C12H11ClIN5/c1-18-7-15-11(17-18)6-19-10-3-2-8(14)4-9(10)16-12(19)5-13/h2-4,7H,5-6H2,1H3. The molecule has 0 radical (unpaired) electrons. The van der Waals surface area contributed by atoms with Gasteiger partial charge < -0.3 is 4.57 Å². The van der Waals surface area contributed by atoms with Crippen molar-refractivity contribution in [3.8, 4) is 0 Å². The number of aromatic nitrogens is 5. The number of aryl methyl sites for hydroxylation is 1. The Hall–Kier alpha value is -1.15. The van der Waals surface area contributed by atoms with Crippen LogP contribution in [-0.2, 0) is 19.5 Å². The first kappa shape index (κ1) is 12.9.